The van der Waals surface area contributed by atoms with Crippen molar-refractivity contribution in [2.45, 2.75) is 18.8 Å². The van der Waals surface area contributed by atoms with Crippen LogP contribution in [-0.2, 0) is 11.3 Å². The summed E-state index contributed by atoms with van der Waals surface area (Å²) in [4.78, 5) is 11.6. The van der Waals surface area contributed by atoms with Crippen molar-refractivity contribution in [3.05, 3.63) is 71.0 Å². The van der Waals surface area contributed by atoms with E-state index in [0.717, 1.165) is 17.7 Å². The molecule has 0 fully saturated rings. The molecular formula is C18H17FN2O4. The van der Waals surface area contributed by atoms with E-state index >= 15 is 0 Å². The maximum Gasteiger partial charge on any atom is 0.407 e. The predicted octanol–water partition coefficient (Wildman–Crippen LogP) is 2.02. The van der Waals surface area contributed by atoms with Crippen LogP contribution in [0.25, 0.3) is 0 Å². The van der Waals surface area contributed by atoms with Gasteiger partial charge in [0.2, 0.25) is 0 Å². The Kier molecular flexibility index (Phi) is 6.46. The highest BCUT2D eigenvalue weighted by Gasteiger charge is 2.22. The number of halogens is 1. The van der Waals surface area contributed by atoms with E-state index in [-0.39, 0.29) is 24.3 Å². The van der Waals surface area contributed by atoms with Crippen LogP contribution in [0, 0.1) is 17.1 Å². The topological polar surface area (TPSA) is 103 Å². The van der Waals surface area contributed by atoms with E-state index in [1.54, 1.807) is 18.2 Å². The molecule has 130 valence electrons. The number of nitrogens with one attached hydrogen (secondary N) is 1. The van der Waals surface area contributed by atoms with Crippen LogP contribution in [0.3, 0.4) is 0 Å². The molecule has 2 unspecified atom stereocenters. The SMILES string of the molecule is N#Cc1cc(F)ccc1C(O)C(O)CNC(=O)OCc1ccccc1. The van der Waals surface area contributed by atoms with E-state index in [1.165, 1.54) is 6.07 Å². The third kappa shape index (κ3) is 5.28. The maximum atomic E-state index is 13.1. The molecule has 0 heterocycles. The molecule has 0 saturated heterocycles. The van der Waals surface area contributed by atoms with Crippen molar-refractivity contribution < 1.29 is 24.1 Å². The summed E-state index contributed by atoms with van der Waals surface area (Å²) in [6, 6.07) is 14.1. The first-order valence-electron chi connectivity index (χ1n) is 7.51. The summed E-state index contributed by atoms with van der Waals surface area (Å²) in [5, 5.41) is 31.4. The lowest BCUT2D eigenvalue weighted by Gasteiger charge is -2.19. The van der Waals surface area contributed by atoms with E-state index in [4.69, 9.17) is 10.00 Å². The average Bonchev–Trinajstić information content (AvgIpc) is 2.64. The summed E-state index contributed by atoms with van der Waals surface area (Å²) in [5.74, 6) is -0.621. The summed E-state index contributed by atoms with van der Waals surface area (Å²) in [6.45, 7) is -0.223. The highest BCUT2D eigenvalue weighted by atomic mass is 19.1. The van der Waals surface area contributed by atoms with Crippen LogP contribution >= 0.6 is 0 Å². The Morgan fingerprint density at radius 2 is 1.96 bits per heavy atom. The van der Waals surface area contributed by atoms with E-state index < -0.39 is 24.1 Å². The molecule has 6 nitrogen and oxygen atoms in total. The van der Waals surface area contributed by atoms with Crippen LogP contribution in [0.4, 0.5) is 9.18 Å². The standard InChI is InChI=1S/C18H17FN2O4/c19-14-6-7-15(13(8-14)9-20)17(23)16(22)10-21-18(24)25-11-12-4-2-1-3-5-12/h1-8,16-17,22-23H,10-11H2,(H,21,24). The van der Waals surface area contributed by atoms with Gasteiger partial charge in [-0.05, 0) is 17.7 Å². The molecule has 0 radical (unpaired) electrons. The van der Waals surface area contributed by atoms with Crippen LogP contribution in [0.15, 0.2) is 48.5 Å². The fourth-order valence-corrected chi connectivity index (χ4v) is 2.16. The van der Waals surface area contributed by atoms with E-state index in [0.29, 0.717) is 0 Å². The van der Waals surface area contributed by atoms with E-state index in [2.05, 4.69) is 5.32 Å². The second kappa shape index (κ2) is 8.78. The van der Waals surface area contributed by atoms with Crippen molar-refractivity contribution in [1.82, 2.24) is 5.32 Å². The zero-order chi connectivity index (χ0) is 18.2. The second-order valence-corrected chi connectivity index (χ2v) is 5.30. The first-order chi connectivity index (χ1) is 12.0. The van der Waals surface area contributed by atoms with Crippen LogP contribution in [0.1, 0.15) is 22.8 Å². The minimum Gasteiger partial charge on any atom is -0.445 e. The molecule has 2 rings (SSSR count). The van der Waals surface area contributed by atoms with Gasteiger partial charge in [-0.25, -0.2) is 9.18 Å². The molecule has 2 atom stereocenters. The summed E-state index contributed by atoms with van der Waals surface area (Å²) < 4.78 is 18.1. The van der Waals surface area contributed by atoms with Crippen LogP contribution in [0.5, 0.6) is 0 Å². The normalized spacial score (nSPS) is 12.7. The molecule has 0 saturated carbocycles. The van der Waals surface area contributed by atoms with Gasteiger partial charge in [-0.1, -0.05) is 36.4 Å². The van der Waals surface area contributed by atoms with Crippen molar-refractivity contribution in [2.75, 3.05) is 6.54 Å². The van der Waals surface area contributed by atoms with Crippen molar-refractivity contribution in [3.63, 3.8) is 0 Å². The number of nitrogens with zero attached hydrogens (tertiary/aromatic N) is 1. The first-order valence-corrected chi connectivity index (χ1v) is 7.51. The maximum absolute atomic E-state index is 13.1. The number of aliphatic hydroxyl groups excluding tert-OH is 2. The van der Waals surface area contributed by atoms with Gasteiger partial charge in [0.1, 0.15) is 24.6 Å². The molecule has 2 aromatic rings. The summed E-state index contributed by atoms with van der Waals surface area (Å²) in [5.41, 5.74) is 0.803. The van der Waals surface area contributed by atoms with Crippen molar-refractivity contribution >= 4 is 6.09 Å². The van der Waals surface area contributed by atoms with Gasteiger partial charge in [0.15, 0.2) is 0 Å². The predicted molar refractivity (Wildman–Crippen MR) is 86.7 cm³/mol. The van der Waals surface area contributed by atoms with Crippen LogP contribution in [0.2, 0.25) is 0 Å². The molecule has 0 bridgehead atoms. The average molecular weight is 344 g/mol. The van der Waals surface area contributed by atoms with Crippen molar-refractivity contribution in [1.29, 1.82) is 5.26 Å². The minimum absolute atomic E-state index is 0.0713. The van der Waals surface area contributed by atoms with Crippen LogP contribution < -0.4 is 5.32 Å². The van der Waals surface area contributed by atoms with Crippen LogP contribution in [-0.4, -0.2) is 29.0 Å². The van der Waals surface area contributed by atoms with Gasteiger partial charge in [0.25, 0.3) is 0 Å². The zero-order valence-electron chi connectivity index (χ0n) is 13.2. The lowest BCUT2D eigenvalue weighted by molar-refractivity contribution is 0.0182. The zero-order valence-corrected chi connectivity index (χ0v) is 13.2. The minimum atomic E-state index is -1.45. The van der Waals surface area contributed by atoms with Gasteiger partial charge in [-0.2, -0.15) is 5.26 Å². The number of nitriles is 1. The Bertz CT molecular complexity index is 761. The number of ether oxygens (including phenoxy) is 1. The second-order valence-electron chi connectivity index (χ2n) is 5.30. The third-order valence-electron chi connectivity index (χ3n) is 3.49. The smallest absolute Gasteiger partial charge is 0.407 e. The number of carbonyl (C=O) groups is 1. The molecule has 7 heteroatoms. The first kappa shape index (κ1) is 18.4. The molecule has 0 spiro atoms. The van der Waals surface area contributed by atoms with Gasteiger partial charge < -0.3 is 20.3 Å². The summed E-state index contributed by atoms with van der Waals surface area (Å²) in [6.07, 6.45) is -3.60. The largest absolute Gasteiger partial charge is 0.445 e. The Labute approximate surface area is 144 Å². The lowest BCUT2D eigenvalue weighted by atomic mass is 9.99. The Balaban J connectivity index is 1.86. The van der Waals surface area contributed by atoms with Crippen molar-refractivity contribution in [3.8, 4) is 6.07 Å². The highest BCUT2D eigenvalue weighted by Crippen LogP contribution is 2.21. The van der Waals surface area contributed by atoms with Gasteiger partial charge in [-0.3, -0.25) is 0 Å². The third-order valence-corrected chi connectivity index (χ3v) is 3.49. The lowest BCUT2D eigenvalue weighted by Crippen LogP contribution is -2.36. The number of amides is 1. The number of hydrogen-bond acceptors (Lipinski definition) is 5. The van der Waals surface area contributed by atoms with Crippen molar-refractivity contribution in [2.24, 2.45) is 0 Å². The Morgan fingerprint density at radius 1 is 1.24 bits per heavy atom. The van der Waals surface area contributed by atoms with Gasteiger partial charge in [0.05, 0.1) is 11.6 Å². The number of alkyl carbamates (subject to hydrolysis) is 1. The number of aliphatic hydroxyl groups is 2. The van der Waals surface area contributed by atoms with Gasteiger partial charge in [-0.15, -0.1) is 0 Å². The molecule has 0 aliphatic heterocycles. The Hall–Kier alpha value is -2.95. The van der Waals surface area contributed by atoms with E-state index in [9.17, 15) is 19.4 Å². The number of benzene rings is 2. The van der Waals surface area contributed by atoms with E-state index in [1.807, 2.05) is 18.2 Å². The molecular weight excluding hydrogens is 327 g/mol. The summed E-state index contributed by atoms with van der Waals surface area (Å²) in [7, 11) is 0. The quantitative estimate of drug-likeness (QED) is 0.744. The fourth-order valence-electron chi connectivity index (χ4n) is 2.16. The van der Waals surface area contributed by atoms with Gasteiger partial charge in [0, 0.05) is 12.1 Å². The summed E-state index contributed by atoms with van der Waals surface area (Å²) >= 11 is 0. The molecule has 2 aromatic carbocycles. The highest BCUT2D eigenvalue weighted by molar-refractivity contribution is 5.67. The molecule has 3 N–H and O–H groups in total. The molecule has 0 aliphatic carbocycles. The Morgan fingerprint density at radius 3 is 2.64 bits per heavy atom. The molecule has 0 aromatic heterocycles. The molecule has 25 heavy (non-hydrogen) atoms. The molecule has 0 aliphatic rings. The monoisotopic (exact) mass is 344 g/mol. The number of carbonyl (C=O) groups excluding carboxylic acids is 1. The molecule has 1 amide bonds. The number of hydrogen-bond donors (Lipinski definition) is 3. The fraction of sp³-hybridized carbons (Fsp3) is 0.222. The number of rotatable bonds is 6. The van der Waals surface area contributed by atoms with Gasteiger partial charge >= 0.3 is 6.09 Å².